The average molecular weight is 212 g/mol. The molecule has 5 heteroatoms. The lowest BCUT2D eigenvalue weighted by Crippen LogP contribution is -2.10. The van der Waals surface area contributed by atoms with Crippen LogP contribution in [-0.4, -0.2) is 24.2 Å². The summed E-state index contributed by atoms with van der Waals surface area (Å²) in [4.78, 5) is 22.3. The van der Waals surface area contributed by atoms with Crippen LogP contribution < -0.4 is 0 Å². The van der Waals surface area contributed by atoms with E-state index in [-0.39, 0.29) is 16.0 Å². The van der Waals surface area contributed by atoms with Crippen LogP contribution in [0.15, 0.2) is 23.1 Å². The van der Waals surface area contributed by atoms with Gasteiger partial charge in [-0.3, -0.25) is 0 Å². The highest BCUT2D eigenvalue weighted by Gasteiger charge is 2.19. The van der Waals surface area contributed by atoms with Gasteiger partial charge in [0.2, 0.25) is 0 Å². The molecular weight excluding hydrogens is 204 g/mol. The molecule has 0 heterocycles. The van der Waals surface area contributed by atoms with E-state index in [1.54, 1.807) is 0 Å². The molecular formula is C9H8O4S. The summed E-state index contributed by atoms with van der Waals surface area (Å²) in [6.45, 7) is 0. The molecule has 0 amide bonds. The zero-order valence-corrected chi connectivity index (χ0v) is 8.25. The van der Waals surface area contributed by atoms with Crippen molar-refractivity contribution < 1.29 is 19.4 Å². The number of thiol groups is 1. The Morgan fingerprint density at radius 1 is 1.43 bits per heavy atom. The van der Waals surface area contributed by atoms with Crippen molar-refractivity contribution in [3.8, 4) is 0 Å². The number of aromatic carboxylic acids is 1. The summed E-state index contributed by atoms with van der Waals surface area (Å²) in [6.07, 6.45) is 0. The molecule has 74 valence electrons. The monoisotopic (exact) mass is 212 g/mol. The Bertz CT molecular complexity index is 386. The molecule has 1 aromatic rings. The van der Waals surface area contributed by atoms with E-state index in [0.29, 0.717) is 0 Å². The van der Waals surface area contributed by atoms with Crippen molar-refractivity contribution in [2.45, 2.75) is 4.90 Å². The summed E-state index contributed by atoms with van der Waals surface area (Å²) in [6, 6.07) is 4.37. The van der Waals surface area contributed by atoms with Crippen LogP contribution in [0.2, 0.25) is 0 Å². The average Bonchev–Trinajstić information content (AvgIpc) is 2.16. The summed E-state index contributed by atoms with van der Waals surface area (Å²) in [5.74, 6) is -1.88. The summed E-state index contributed by atoms with van der Waals surface area (Å²) in [5.41, 5.74) is -0.129. The lowest BCUT2D eigenvalue weighted by molar-refractivity contribution is 0.0578. The molecule has 1 N–H and O–H groups in total. The molecule has 4 nitrogen and oxygen atoms in total. The van der Waals surface area contributed by atoms with Crippen molar-refractivity contribution in [2.24, 2.45) is 0 Å². The second kappa shape index (κ2) is 4.15. The number of carbonyl (C=O) groups is 2. The Hall–Kier alpha value is -1.49. The molecule has 0 unspecified atom stereocenters. The number of benzene rings is 1. The van der Waals surface area contributed by atoms with Gasteiger partial charge in [-0.25, -0.2) is 9.59 Å². The van der Waals surface area contributed by atoms with Gasteiger partial charge in [-0.1, -0.05) is 6.07 Å². The zero-order chi connectivity index (χ0) is 10.7. The maximum absolute atomic E-state index is 11.2. The van der Waals surface area contributed by atoms with Crippen molar-refractivity contribution in [3.05, 3.63) is 29.3 Å². The van der Waals surface area contributed by atoms with Crippen LogP contribution in [0.4, 0.5) is 0 Å². The number of hydrogen-bond acceptors (Lipinski definition) is 4. The Kier molecular flexibility index (Phi) is 3.14. The fraction of sp³-hybridized carbons (Fsp3) is 0.111. The second-order valence-corrected chi connectivity index (χ2v) is 2.98. The number of carbonyl (C=O) groups excluding carboxylic acids is 1. The standard InChI is InChI=1S/C9H8O4S/c1-13-9(12)7-5(8(10)11)3-2-4-6(7)14/h2-4,14H,1H3,(H,10,11). The Balaban J connectivity index is 3.36. The predicted molar refractivity (Wildman–Crippen MR) is 52.0 cm³/mol. The van der Waals surface area contributed by atoms with E-state index < -0.39 is 11.9 Å². The van der Waals surface area contributed by atoms with Gasteiger partial charge in [0, 0.05) is 4.90 Å². The van der Waals surface area contributed by atoms with Crippen molar-refractivity contribution in [1.29, 1.82) is 0 Å². The van der Waals surface area contributed by atoms with E-state index in [1.807, 2.05) is 0 Å². The van der Waals surface area contributed by atoms with Gasteiger partial charge in [0.05, 0.1) is 18.2 Å². The van der Waals surface area contributed by atoms with Gasteiger partial charge in [-0.05, 0) is 12.1 Å². The van der Waals surface area contributed by atoms with E-state index >= 15 is 0 Å². The van der Waals surface area contributed by atoms with E-state index in [2.05, 4.69) is 17.4 Å². The van der Waals surface area contributed by atoms with Crippen molar-refractivity contribution in [3.63, 3.8) is 0 Å². The van der Waals surface area contributed by atoms with Gasteiger partial charge in [0.25, 0.3) is 0 Å². The van der Waals surface area contributed by atoms with Gasteiger partial charge in [0.15, 0.2) is 0 Å². The van der Waals surface area contributed by atoms with E-state index in [0.717, 1.165) is 0 Å². The van der Waals surface area contributed by atoms with Crippen LogP contribution in [0.25, 0.3) is 0 Å². The van der Waals surface area contributed by atoms with E-state index in [4.69, 9.17) is 5.11 Å². The first-order chi connectivity index (χ1) is 6.57. The number of rotatable bonds is 2. The third kappa shape index (κ3) is 1.88. The normalized spacial score (nSPS) is 9.57. The lowest BCUT2D eigenvalue weighted by Gasteiger charge is -2.05. The number of carboxylic acids is 1. The fourth-order valence-corrected chi connectivity index (χ4v) is 1.33. The third-order valence-corrected chi connectivity index (χ3v) is 2.04. The van der Waals surface area contributed by atoms with Gasteiger partial charge >= 0.3 is 11.9 Å². The molecule has 0 bridgehead atoms. The van der Waals surface area contributed by atoms with E-state index in [1.165, 1.54) is 25.3 Å². The summed E-state index contributed by atoms with van der Waals surface area (Å²) in [5, 5.41) is 8.79. The van der Waals surface area contributed by atoms with Gasteiger partial charge in [0.1, 0.15) is 0 Å². The van der Waals surface area contributed by atoms with Crippen LogP contribution >= 0.6 is 12.6 Å². The molecule has 0 saturated carbocycles. The minimum atomic E-state index is -1.18. The molecule has 0 spiro atoms. The minimum Gasteiger partial charge on any atom is -0.478 e. The number of methoxy groups -OCH3 is 1. The fourth-order valence-electron chi connectivity index (χ4n) is 1.03. The molecule has 0 aliphatic heterocycles. The number of ether oxygens (including phenoxy) is 1. The molecule has 0 fully saturated rings. The SMILES string of the molecule is COC(=O)c1c(S)cccc1C(=O)O. The molecule has 0 radical (unpaired) electrons. The molecule has 14 heavy (non-hydrogen) atoms. The highest BCUT2D eigenvalue weighted by atomic mass is 32.1. The zero-order valence-electron chi connectivity index (χ0n) is 7.35. The van der Waals surface area contributed by atoms with Crippen LogP contribution in [0, 0.1) is 0 Å². The van der Waals surface area contributed by atoms with Gasteiger partial charge < -0.3 is 9.84 Å². The quantitative estimate of drug-likeness (QED) is 0.575. The first-order valence-electron chi connectivity index (χ1n) is 3.71. The maximum Gasteiger partial charge on any atom is 0.339 e. The lowest BCUT2D eigenvalue weighted by atomic mass is 10.1. The highest BCUT2D eigenvalue weighted by molar-refractivity contribution is 7.80. The topological polar surface area (TPSA) is 63.6 Å². The maximum atomic E-state index is 11.2. The van der Waals surface area contributed by atoms with Crippen molar-refractivity contribution in [2.75, 3.05) is 7.11 Å². The second-order valence-electron chi connectivity index (χ2n) is 2.50. The smallest absolute Gasteiger partial charge is 0.339 e. The predicted octanol–water partition coefficient (Wildman–Crippen LogP) is 1.46. The Morgan fingerprint density at radius 3 is 2.57 bits per heavy atom. The number of carboxylic acid groups (broad SMARTS) is 1. The first-order valence-corrected chi connectivity index (χ1v) is 4.16. The highest BCUT2D eigenvalue weighted by Crippen LogP contribution is 2.19. The van der Waals surface area contributed by atoms with Crippen molar-refractivity contribution in [1.82, 2.24) is 0 Å². The van der Waals surface area contributed by atoms with Gasteiger partial charge in [-0.2, -0.15) is 0 Å². The Labute approximate surface area is 85.9 Å². The van der Waals surface area contributed by atoms with Crippen LogP contribution in [-0.2, 0) is 4.74 Å². The summed E-state index contributed by atoms with van der Waals surface area (Å²) in [7, 11) is 1.19. The first kappa shape index (κ1) is 10.6. The Morgan fingerprint density at radius 2 is 2.07 bits per heavy atom. The largest absolute Gasteiger partial charge is 0.478 e. The molecule has 1 aromatic carbocycles. The van der Waals surface area contributed by atoms with Crippen LogP contribution in [0.3, 0.4) is 0 Å². The molecule has 0 aromatic heterocycles. The van der Waals surface area contributed by atoms with Crippen LogP contribution in [0.5, 0.6) is 0 Å². The van der Waals surface area contributed by atoms with E-state index in [9.17, 15) is 9.59 Å². The number of esters is 1. The van der Waals surface area contributed by atoms with Crippen molar-refractivity contribution >= 4 is 24.6 Å². The molecule has 0 atom stereocenters. The molecule has 0 aliphatic rings. The third-order valence-electron chi connectivity index (χ3n) is 1.66. The minimum absolute atomic E-state index is 0.0224. The van der Waals surface area contributed by atoms with Gasteiger partial charge in [-0.15, -0.1) is 12.6 Å². The summed E-state index contributed by atoms with van der Waals surface area (Å²) >= 11 is 3.99. The molecule has 1 rings (SSSR count). The number of hydrogen-bond donors (Lipinski definition) is 2. The van der Waals surface area contributed by atoms with Crippen LogP contribution in [0.1, 0.15) is 20.7 Å². The molecule has 0 aliphatic carbocycles. The molecule has 0 saturated heterocycles. The summed E-state index contributed by atoms with van der Waals surface area (Å²) < 4.78 is 4.46.